The predicted octanol–water partition coefficient (Wildman–Crippen LogP) is 2.99. The molecule has 2 rings (SSSR count). The summed E-state index contributed by atoms with van der Waals surface area (Å²) >= 11 is 0. The maximum atomic E-state index is 5.78. The molecule has 0 bridgehead atoms. The largest absolute Gasteiger partial charge is 2.00 e. The first-order chi connectivity index (χ1) is 6.02. The van der Waals surface area contributed by atoms with E-state index in [2.05, 4.69) is 0 Å². The molecular weight excluding hydrogens is 287 g/mol. The molecule has 0 amide bonds. The van der Waals surface area contributed by atoms with Gasteiger partial charge in [-0.05, 0) is 0 Å². The van der Waals surface area contributed by atoms with Crippen LogP contribution >= 0.6 is 0 Å². The summed E-state index contributed by atoms with van der Waals surface area (Å²) in [4.78, 5) is 0. The quantitative estimate of drug-likeness (QED) is 0.476. The summed E-state index contributed by atoms with van der Waals surface area (Å²) in [6.45, 7) is 23.1. The smallest absolute Gasteiger partial charge is 0.390 e. The van der Waals surface area contributed by atoms with Gasteiger partial charge in [0.1, 0.15) is 0 Å². The van der Waals surface area contributed by atoms with Gasteiger partial charge in [-0.2, -0.15) is 0 Å². The maximum Gasteiger partial charge on any atom is 2.00 e. The van der Waals surface area contributed by atoms with E-state index >= 15 is 0 Å². The van der Waals surface area contributed by atoms with Crippen LogP contribution in [0.25, 0.3) is 0 Å². The average molecular weight is 299 g/mol. The van der Waals surface area contributed by atoms with Gasteiger partial charge < -0.3 is 48.6 Å². The van der Waals surface area contributed by atoms with Crippen molar-refractivity contribution in [2.75, 3.05) is 0 Å². The zero-order valence-electron chi connectivity index (χ0n) is 9.05. The number of hydrogen-bond acceptors (Lipinski definition) is 0. The molecule has 0 aromatic carbocycles. The molecule has 0 unspecified atom stereocenters. The Morgan fingerprint density at radius 3 is 1.07 bits per heavy atom. The van der Waals surface area contributed by atoms with Crippen LogP contribution in [-0.2, 0) is 39.0 Å². The van der Waals surface area contributed by atoms with E-state index in [9.17, 15) is 0 Å². The van der Waals surface area contributed by atoms with E-state index in [1.807, 2.05) is 0 Å². The fourth-order valence-electron chi connectivity index (χ4n) is 2.45. The van der Waals surface area contributed by atoms with Gasteiger partial charge in [0.25, 0.3) is 0 Å². The minimum atomic E-state index is 0. The summed E-state index contributed by atoms with van der Waals surface area (Å²) < 4.78 is 0. The SMILES string of the molecule is [CH-]=C1CC2(CC1=[CH-])CC(=[CH-])C(=[CH-])C2.[Zn+2].[Zn]. The van der Waals surface area contributed by atoms with Crippen molar-refractivity contribution in [1.82, 2.24) is 0 Å². The van der Waals surface area contributed by atoms with E-state index < -0.39 is 0 Å². The third-order valence-corrected chi connectivity index (χ3v) is 3.09. The van der Waals surface area contributed by atoms with Crippen molar-refractivity contribution in [1.29, 1.82) is 0 Å². The van der Waals surface area contributed by atoms with Crippen LogP contribution in [0.15, 0.2) is 22.3 Å². The van der Waals surface area contributed by atoms with Crippen LogP contribution in [-0.4, -0.2) is 0 Å². The molecule has 15 heavy (non-hydrogen) atoms. The molecule has 2 fully saturated rings. The van der Waals surface area contributed by atoms with Crippen molar-refractivity contribution in [3.05, 3.63) is 48.6 Å². The van der Waals surface area contributed by atoms with Gasteiger partial charge in [-0.3, -0.25) is 0 Å². The Kier molecular flexibility index (Phi) is 5.09. The molecule has 2 heteroatoms. The van der Waals surface area contributed by atoms with E-state index in [-0.39, 0.29) is 44.4 Å². The van der Waals surface area contributed by atoms with Crippen LogP contribution < -0.4 is 0 Å². The van der Waals surface area contributed by atoms with E-state index in [4.69, 9.17) is 26.3 Å². The molecule has 0 N–H and O–H groups in total. The fourth-order valence-corrected chi connectivity index (χ4v) is 2.45. The third-order valence-electron chi connectivity index (χ3n) is 3.09. The van der Waals surface area contributed by atoms with Gasteiger partial charge in [0.15, 0.2) is 0 Å². The van der Waals surface area contributed by atoms with Gasteiger partial charge in [-0.1, -0.05) is 5.41 Å². The second-order valence-corrected chi connectivity index (χ2v) is 4.31. The normalized spacial score (nSPS) is 29.3. The minimum absolute atomic E-state index is 0. The monoisotopic (exact) mass is 296 g/mol. The van der Waals surface area contributed by atoms with Crippen molar-refractivity contribution < 1.29 is 39.0 Å². The van der Waals surface area contributed by atoms with E-state index in [1.165, 1.54) is 0 Å². The molecule has 0 heterocycles. The van der Waals surface area contributed by atoms with Gasteiger partial charge in [0.05, 0.1) is 0 Å². The van der Waals surface area contributed by atoms with Gasteiger partial charge in [-0.15, -0.1) is 25.7 Å². The van der Waals surface area contributed by atoms with E-state index in [1.54, 1.807) is 0 Å². The Bertz CT molecular complexity index is 267. The van der Waals surface area contributed by atoms with Crippen molar-refractivity contribution in [3.63, 3.8) is 0 Å². The van der Waals surface area contributed by atoms with Gasteiger partial charge >= 0.3 is 19.5 Å². The number of rotatable bonds is 0. The van der Waals surface area contributed by atoms with Crippen molar-refractivity contribution >= 4 is 0 Å². The van der Waals surface area contributed by atoms with Crippen LogP contribution in [0.3, 0.4) is 0 Å². The Hall–Kier alpha value is 0.207. The summed E-state index contributed by atoms with van der Waals surface area (Å²) in [5.74, 6) is 0. The Morgan fingerprint density at radius 2 is 0.867 bits per heavy atom. The van der Waals surface area contributed by atoms with Crippen molar-refractivity contribution in [2.45, 2.75) is 25.7 Å². The number of allylic oxidation sites excluding steroid dienone is 4. The summed E-state index contributed by atoms with van der Waals surface area (Å²) in [5.41, 5.74) is 3.41. The Labute approximate surface area is 118 Å². The molecule has 0 atom stereocenters. The summed E-state index contributed by atoms with van der Waals surface area (Å²) in [6, 6.07) is 0. The van der Waals surface area contributed by atoms with Gasteiger partial charge in [0.2, 0.25) is 0 Å². The molecule has 0 radical (unpaired) electrons. The average Bonchev–Trinajstić information content (AvgIpc) is 2.39. The molecule has 0 aliphatic heterocycles. The molecule has 0 saturated heterocycles. The molecular formula is C13H12Zn2-2. The van der Waals surface area contributed by atoms with Crippen LogP contribution in [0.2, 0.25) is 0 Å². The molecule has 0 aromatic rings. The summed E-state index contributed by atoms with van der Waals surface area (Å²) in [7, 11) is 0. The molecule has 70 valence electrons. The van der Waals surface area contributed by atoms with Crippen LogP contribution in [0, 0.1) is 31.7 Å². The first kappa shape index (κ1) is 15.2. The number of hydrogen-bond donors (Lipinski definition) is 0. The maximum absolute atomic E-state index is 5.78. The Morgan fingerprint density at radius 1 is 0.667 bits per heavy atom. The second-order valence-electron chi connectivity index (χ2n) is 4.31. The zero-order valence-corrected chi connectivity index (χ0v) is 15.0. The molecule has 1 spiro atoms. The molecule has 2 aliphatic rings. The summed E-state index contributed by atoms with van der Waals surface area (Å²) in [6.07, 6.45) is 3.39. The predicted molar refractivity (Wildman–Crippen MR) is 52.2 cm³/mol. The zero-order chi connectivity index (χ0) is 9.64. The van der Waals surface area contributed by atoms with E-state index in [0.717, 1.165) is 48.0 Å². The second kappa shape index (κ2) is 5.02. The molecule has 0 nitrogen and oxygen atoms in total. The fraction of sp³-hybridized carbons (Fsp3) is 0.385. The summed E-state index contributed by atoms with van der Waals surface area (Å²) in [5, 5.41) is 0. The first-order valence-corrected chi connectivity index (χ1v) is 4.48. The minimum Gasteiger partial charge on any atom is -0.390 e. The Balaban J connectivity index is 0.000000980. The van der Waals surface area contributed by atoms with Crippen LogP contribution in [0.5, 0.6) is 0 Å². The standard InChI is InChI=1S/C13H12.2Zn/c1-9-5-13(6-10(9)2)7-11(3)12(4)8-13;;/h1-4H,5-8H2;;/q-4;;+2. The van der Waals surface area contributed by atoms with Crippen LogP contribution in [0.4, 0.5) is 0 Å². The molecule has 2 saturated carbocycles. The topological polar surface area (TPSA) is 0 Å². The third kappa shape index (κ3) is 2.66. The van der Waals surface area contributed by atoms with E-state index in [0.29, 0.717) is 0 Å². The van der Waals surface area contributed by atoms with Crippen molar-refractivity contribution in [3.8, 4) is 0 Å². The van der Waals surface area contributed by atoms with Crippen molar-refractivity contribution in [2.24, 2.45) is 5.41 Å². The first-order valence-electron chi connectivity index (χ1n) is 4.48. The van der Waals surface area contributed by atoms with Gasteiger partial charge in [0, 0.05) is 19.5 Å². The van der Waals surface area contributed by atoms with Gasteiger partial charge in [-0.25, -0.2) is 0 Å². The molecule has 2 aliphatic carbocycles. The van der Waals surface area contributed by atoms with Crippen LogP contribution in [0.1, 0.15) is 25.7 Å². The molecule has 0 aromatic heterocycles.